The third-order valence-electron chi connectivity index (χ3n) is 3.94. The molecule has 0 aromatic heterocycles. The Morgan fingerprint density at radius 1 is 0.968 bits per heavy atom. The highest BCUT2D eigenvalue weighted by atomic mass is 79.9. The van der Waals surface area contributed by atoms with E-state index < -0.39 is 0 Å². The first kappa shape index (κ1) is 22.8. The van der Waals surface area contributed by atoms with Crippen molar-refractivity contribution in [2.24, 2.45) is 5.10 Å². The lowest BCUT2D eigenvalue weighted by atomic mass is 10.2. The van der Waals surface area contributed by atoms with E-state index in [1.54, 1.807) is 66.7 Å². The summed E-state index contributed by atoms with van der Waals surface area (Å²) in [5.41, 5.74) is 4.25. The predicted molar refractivity (Wildman–Crippen MR) is 126 cm³/mol. The molecule has 0 radical (unpaired) electrons. The summed E-state index contributed by atoms with van der Waals surface area (Å²) < 4.78 is 6.36. The maximum Gasteiger partial charge on any atom is 0.271 e. The molecular weight excluding hydrogens is 505 g/mol. The molecule has 2 N–H and O–H groups in total. The fraction of sp³-hybridized carbons (Fsp3) is 0.0455. The van der Waals surface area contributed by atoms with Crippen molar-refractivity contribution in [3.05, 3.63) is 92.4 Å². The number of ether oxygens (including phenoxy) is 1. The number of hydrogen-bond donors (Lipinski definition) is 2. The highest BCUT2D eigenvalue weighted by Gasteiger charge is 2.06. The first-order valence-corrected chi connectivity index (χ1v) is 10.5. The molecule has 0 aliphatic carbocycles. The molecule has 0 saturated heterocycles. The fourth-order valence-corrected chi connectivity index (χ4v) is 2.96. The molecule has 0 saturated carbocycles. The fourth-order valence-electron chi connectivity index (χ4n) is 2.40. The third-order valence-corrected chi connectivity index (χ3v) is 5.21. The van der Waals surface area contributed by atoms with Crippen LogP contribution in [0.2, 0.25) is 10.0 Å². The van der Waals surface area contributed by atoms with Crippen molar-refractivity contribution in [3.63, 3.8) is 0 Å². The summed E-state index contributed by atoms with van der Waals surface area (Å²) in [7, 11) is 0. The molecule has 0 fully saturated rings. The van der Waals surface area contributed by atoms with Gasteiger partial charge < -0.3 is 10.1 Å². The van der Waals surface area contributed by atoms with E-state index in [1.807, 2.05) is 0 Å². The normalized spacial score (nSPS) is 10.7. The van der Waals surface area contributed by atoms with E-state index in [2.05, 4.69) is 31.8 Å². The number of carbonyl (C=O) groups is 2. The second-order valence-electron chi connectivity index (χ2n) is 6.24. The summed E-state index contributed by atoms with van der Waals surface area (Å²) in [5.74, 6) is -0.128. The van der Waals surface area contributed by atoms with Gasteiger partial charge in [0.1, 0.15) is 5.75 Å². The van der Waals surface area contributed by atoms with Crippen LogP contribution >= 0.6 is 39.1 Å². The van der Waals surface area contributed by atoms with Crippen LogP contribution in [-0.4, -0.2) is 24.6 Å². The molecule has 0 aliphatic rings. The van der Waals surface area contributed by atoms with Crippen molar-refractivity contribution in [3.8, 4) is 5.75 Å². The van der Waals surface area contributed by atoms with Gasteiger partial charge in [-0.25, -0.2) is 5.43 Å². The number of carbonyl (C=O) groups excluding carboxylic acids is 2. The molecule has 6 nitrogen and oxygen atoms in total. The maximum atomic E-state index is 12.0. The number of hydrogen-bond acceptors (Lipinski definition) is 4. The molecule has 0 aliphatic heterocycles. The van der Waals surface area contributed by atoms with Crippen LogP contribution in [0.5, 0.6) is 5.75 Å². The number of benzene rings is 3. The van der Waals surface area contributed by atoms with Crippen LogP contribution in [0.1, 0.15) is 15.9 Å². The summed E-state index contributed by atoms with van der Waals surface area (Å²) >= 11 is 15.1. The number of hydrazone groups is 1. The van der Waals surface area contributed by atoms with E-state index in [-0.39, 0.29) is 18.4 Å². The maximum absolute atomic E-state index is 12.0. The molecule has 158 valence electrons. The lowest BCUT2D eigenvalue weighted by Gasteiger charge is -2.08. The van der Waals surface area contributed by atoms with Crippen LogP contribution in [0.4, 0.5) is 5.69 Å². The second-order valence-corrected chi connectivity index (χ2v) is 7.97. The Morgan fingerprint density at radius 3 is 2.35 bits per heavy atom. The minimum atomic E-state index is -0.334. The molecule has 2 amide bonds. The topological polar surface area (TPSA) is 79.8 Å². The van der Waals surface area contributed by atoms with Crippen molar-refractivity contribution in [2.75, 3.05) is 11.9 Å². The molecule has 3 rings (SSSR count). The Kier molecular flexibility index (Phi) is 8.06. The minimum absolute atomic E-state index is 0.170. The van der Waals surface area contributed by atoms with Gasteiger partial charge in [-0.2, -0.15) is 5.10 Å². The Labute approximate surface area is 197 Å². The van der Waals surface area contributed by atoms with E-state index in [0.29, 0.717) is 27.0 Å². The first-order chi connectivity index (χ1) is 14.9. The van der Waals surface area contributed by atoms with Gasteiger partial charge in [0.15, 0.2) is 6.61 Å². The molecular formula is C22H16BrCl2N3O3. The summed E-state index contributed by atoms with van der Waals surface area (Å²) in [4.78, 5) is 24.0. The van der Waals surface area contributed by atoms with E-state index in [1.165, 1.54) is 6.21 Å². The number of rotatable bonds is 7. The van der Waals surface area contributed by atoms with Gasteiger partial charge in [0, 0.05) is 15.7 Å². The van der Waals surface area contributed by atoms with Crippen LogP contribution in [-0.2, 0) is 4.79 Å². The SMILES string of the molecule is O=C(COc1ccc(/C=N/NC(=O)c2ccc(Br)cc2)cc1)Nc1ccc(Cl)c(Cl)c1. The Bertz CT molecular complexity index is 1100. The zero-order valence-electron chi connectivity index (χ0n) is 15.9. The van der Waals surface area contributed by atoms with Gasteiger partial charge in [0.25, 0.3) is 11.8 Å². The summed E-state index contributed by atoms with van der Waals surface area (Å²) in [6.07, 6.45) is 1.51. The molecule has 9 heteroatoms. The van der Waals surface area contributed by atoms with Crippen molar-refractivity contribution >= 4 is 62.8 Å². The third kappa shape index (κ3) is 7.10. The zero-order chi connectivity index (χ0) is 22.2. The van der Waals surface area contributed by atoms with Gasteiger partial charge >= 0.3 is 0 Å². The van der Waals surface area contributed by atoms with Crippen molar-refractivity contribution in [1.29, 1.82) is 0 Å². The van der Waals surface area contributed by atoms with Crippen molar-refractivity contribution in [1.82, 2.24) is 5.43 Å². The Morgan fingerprint density at radius 2 is 1.68 bits per heavy atom. The summed E-state index contributed by atoms with van der Waals surface area (Å²) in [6, 6.07) is 18.7. The van der Waals surface area contributed by atoms with Crippen LogP contribution < -0.4 is 15.5 Å². The molecule has 0 heterocycles. The van der Waals surface area contributed by atoms with Gasteiger partial charge in [-0.15, -0.1) is 0 Å². The minimum Gasteiger partial charge on any atom is -0.484 e. The van der Waals surface area contributed by atoms with Gasteiger partial charge in [-0.3, -0.25) is 9.59 Å². The molecule has 0 atom stereocenters. The molecule has 3 aromatic rings. The van der Waals surface area contributed by atoms with E-state index in [9.17, 15) is 9.59 Å². The number of nitrogens with zero attached hydrogens (tertiary/aromatic N) is 1. The lowest BCUT2D eigenvalue weighted by Crippen LogP contribution is -2.20. The highest BCUT2D eigenvalue weighted by molar-refractivity contribution is 9.10. The van der Waals surface area contributed by atoms with Crippen LogP contribution in [0, 0.1) is 0 Å². The number of nitrogens with one attached hydrogen (secondary N) is 2. The molecule has 0 spiro atoms. The predicted octanol–water partition coefficient (Wildman–Crippen LogP) is 5.54. The molecule has 31 heavy (non-hydrogen) atoms. The quantitative estimate of drug-likeness (QED) is 0.317. The highest BCUT2D eigenvalue weighted by Crippen LogP contribution is 2.25. The van der Waals surface area contributed by atoms with Gasteiger partial charge in [-0.1, -0.05) is 39.1 Å². The molecule has 0 bridgehead atoms. The summed E-state index contributed by atoms with van der Waals surface area (Å²) in [5, 5.41) is 7.38. The van der Waals surface area contributed by atoms with E-state index >= 15 is 0 Å². The van der Waals surface area contributed by atoms with E-state index in [0.717, 1.165) is 10.0 Å². The standard InChI is InChI=1S/C22H16BrCl2N3O3/c23-16-5-3-15(4-6-16)22(30)28-26-12-14-1-8-18(9-2-14)31-13-21(29)27-17-7-10-19(24)20(25)11-17/h1-12H,13H2,(H,27,29)(H,28,30)/b26-12+. The Hall–Kier alpha value is -2.87. The van der Waals surface area contributed by atoms with Gasteiger partial charge in [0.2, 0.25) is 0 Å². The first-order valence-electron chi connectivity index (χ1n) is 8.97. The summed E-state index contributed by atoms with van der Waals surface area (Å²) in [6.45, 7) is -0.170. The lowest BCUT2D eigenvalue weighted by molar-refractivity contribution is -0.118. The molecule has 0 unspecified atom stereocenters. The number of anilines is 1. The monoisotopic (exact) mass is 519 g/mol. The van der Waals surface area contributed by atoms with Crippen molar-refractivity contribution in [2.45, 2.75) is 0 Å². The smallest absolute Gasteiger partial charge is 0.271 e. The van der Waals surface area contributed by atoms with Crippen molar-refractivity contribution < 1.29 is 14.3 Å². The zero-order valence-corrected chi connectivity index (χ0v) is 19.0. The second kappa shape index (κ2) is 10.9. The van der Waals surface area contributed by atoms with Crippen LogP contribution in [0.25, 0.3) is 0 Å². The van der Waals surface area contributed by atoms with Gasteiger partial charge in [-0.05, 0) is 72.3 Å². The average Bonchev–Trinajstić information content (AvgIpc) is 2.76. The molecule has 3 aromatic carbocycles. The van der Waals surface area contributed by atoms with Crippen LogP contribution in [0.3, 0.4) is 0 Å². The number of amides is 2. The largest absolute Gasteiger partial charge is 0.484 e. The Balaban J connectivity index is 1.46. The van der Waals surface area contributed by atoms with Crippen LogP contribution in [0.15, 0.2) is 76.3 Å². The van der Waals surface area contributed by atoms with Gasteiger partial charge in [0.05, 0.1) is 16.3 Å². The average molecular weight is 521 g/mol. The number of halogens is 3. The van der Waals surface area contributed by atoms with E-state index in [4.69, 9.17) is 27.9 Å².